The Balaban J connectivity index is 1.45. The highest BCUT2D eigenvalue weighted by molar-refractivity contribution is 7.16. The number of carbonyl (C=O) groups is 1. The molecule has 6 nitrogen and oxygen atoms in total. The van der Waals surface area contributed by atoms with E-state index in [1.165, 1.54) is 0 Å². The lowest BCUT2D eigenvalue weighted by Gasteiger charge is -2.37. The lowest BCUT2D eigenvalue weighted by Crippen LogP contribution is -2.51. The molecular weight excluding hydrogens is 312 g/mol. The third kappa shape index (κ3) is 2.68. The van der Waals surface area contributed by atoms with E-state index in [2.05, 4.69) is 20.9 Å². The highest BCUT2D eigenvalue weighted by Gasteiger charge is 2.35. The van der Waals surface area contributed by atoms with Gasteiger partial charge in [0, 0.05) is 26.2 Å². The molecule has 0 spiro atoms. The van der Waals surface area contributed by atoms with Gasteiger partial charge in [-0.2, -0.15) is 0 Å². The average molecular weight is 332 g/mol. The molecule has 7 heteroatoms. The molecule has 1 aliphatic heterocycles. The van der Waals surface area contributed by atoms with Crippen molar-refractivity contribution in [1.29, 1.82) is 0 Å². The van der Waals surface area contributed by atoms with Crippen molar-refractivity contribution in [3.05, 3.63) is 17.8 Å². The predicted molar refractivity (Wildman–Crippen MR) is 89.6 cm³/mol. The predicted octanol–water partition coefficient (Wildman–Crippen LogP) is 1.50. The maximum Gasteiger partial charge on any atom is 0.228 e. The first-order chi connectivity index (χ1) is 11.2. The van der Waals surface area contributed by atoms with Crippen LogP contribution in [0.4, 0.5) is 5.82 Å². The third-order valence-electron chi connectivity index (χ3n) is 4.93. The van der Waals surface area contributed by atoms with Crippen molar-refractivity contribution in [2.75, 3.05) is 31.1 Å². The minimum Gasteiger partial charge on any atom is -0.392 e. The van der Waals surface area contributed by atoms with E-state index in [4.69, 9.17) is 0 Å². The van der Waals surface area contributed by atoms with E-state index in [0.717, 1.165) is 48.4 Å². The molecule has 4 rings (SSSR count). The first-order valence-corrected chi connectivity index (χ1v) is 9.02. The average Bonchev–Trinajstić information content (AvgIpc) is 3.22. The maximum atomic E-state index is 12.5. The number of aliphatic hydroxyl groups is 1. The summed E-state index contributed by atoms with van der Waals surface area (Å²) in [5.74, 6) is 0.895. The van der Waals surface area contributed by atoms with Crippen LogP contribution in [0.1, 0.15) is 19.3 Å². The second kappa shape index (κ2) is 6.05. The van der Waals surface area contributed by atoms with Crippen LogP contribution in [0.25, 0.3) is 10.2 Å². The second-order valence-corrected chi connectivity index (χ2v) is 7.15. The van der Waals surface area contributed by atoms with Gasteiger partial charge in [-0.1, -0.05) is 0 Å². The summed E-state index contributed by atoms with van der Waals surface area (Å²) in [4.78, 5) is 26.4. The van der Waals surface area contributed by atoms with Crippen molar-refractivity contribution >= 4 is 33.3 Å². The number of rotatable bonds is 2. The number of amides is 1. The minimum atomic E-state index is -0.451. The van der Waals surface area contributed by atoms with Crippen LogP contribution in [0, 0.1) is 5.92 Å². The zero-order valence-corrected chi connectivity index (χ0v) is 13.7. The molecule has 3 heterocycles. The van der Waals surface area contributed by atoms with E-state index in [0.29, 0.717) is 13.1 Å². The molecule has 2 aromatic heterocycles. The summed E-state index contributed by atoms with van der Waals surface area (Å²) in [5.41, 5.74) is 0. The fraction of sp³-hybridized carbons (Fsp3) is 0.562. The van der Waals surface area contributed by atoms with Gasteiger partial charge in [-0.25, -0.2) is 9.97 Å². The molecule has 0 radical (unpaired) electrons. The van der Waals surface area contributed by atoms with Crippen LogP contribution >= 0.6 is 11.3 Å². The van der Waals surface area contributed by atoms with Gasteiger partial charge in [-0.3, -0.25) is 4.79 Å². The van der Waals surface area contributed by atoms with E-state index in [1.807, 2.05) is 10.3 Å². The van der Waals surface area contributed by atoms with E-state index < -0.39 is 6.10 Å². The van der Waals surface area contributed by atoms with Gasteiger partial charge >= 0.3 is 0 Å². The van der Waals surface area contributed by atoms with Crippen LogP contribution in [0.3, 0.4) is 0 Å². The number of nitrogens with zero attached hydrogens (tertiary/aromatic N) is 4. The Morgan fingerprint density at radius 3 is 2.78 bits per heavy atom. The highest BCUT2D eigenvalue weighted by atomic mass is 32.1. The van der Waals surface area contributed by atoms with Gasteiger partial charge in [0.2, 0.25) is 5.91 Å². The van der Waals surface area contributed by atoms with Crippen LogP contribution < -0.4 is 4.90 Å². The Hall–Kier alpha value is -1.73. The van der Waals surface area contributed by atoms with Crippen molar-refractivity contribution in [2.45, 2.75) is 25.4 Å². The molecule has 122 valence electrons. The van der Waals surface area contributed by atoms with Crippen molar-refractivity contribution in [3.8, 4) is 0 Å². The van der Waals surface area contributed by atoms with Gasteiger partial charge in [0.05, 0.1) is 17.4 Å². The topological polar surface area (TPSA) is 69.6 Å². The summed E-state index contributed by atoms with van der Waals surface area (Å²) >= 11 is 1.62. The number of piperazine rings is 1. The quantitative estimate of drug-likeness (QED) is 0.902. The molecule has 2 unspecified atom stereocenters. The number of fused-ring (bicyclic) bond motifs is 1. The molecule has 2 fully saturated rings. The number of hydrogen-bond donors (Lipinski definition) is 1. The third-order valence-corrected chi connectivity index (χ3v) is 5.75. The number of aromatic nitrogens is 2. The lowest BCUT2D eigenvalue weighted by molar-refractivity contribution is -0.138. The van der Waals surface area contributed by atoms with Crippen molar-refractivity contribution in [2.24, 2.45) is 5.92 Å². The summed E-state index contributed by atoms with van der Waals surface area (Å²) in [6.45, 7) is 2.93. The smallest absolute Gasteiger partial charge is 0.228 e. The Bertz CT molecular complexity index is 711. The van der Waals surface area contributed by atoms with E-state index in [9.17, 15) is 9.90 Å². The second-order valence-electron chi connectivity index (χ2n) is 6.25. The molecule has 1 N–H and O–H groups in total. The van der Waals surface area contributed by atoms with E-state index in [-0.39, 0.29) is 11.8 Å². The molecule has 1 saturated heterocycles. The number of anilines is 1. The SMILES string of the molecule is O=C(C1CCCC1O)N1CCN(c2ncnc3sccc23)CC1. The highest BCUT2D eigenvalue weighted by Crippen LogP contribution is 2.29. The van der Waals surface area contributed by atoms with Gasteiger partial charge in [0.15, 0.2) is 0 Å². The number of thiophene rings is 1. The Kier molecular flexibility index (Phi) is 3.90. The first-order valence-electron chi connectivity index (χ1n) is 8.14. The van der Waals surface area contributed by atoms with Gasteiger partial charge in [0.25, 0.3) is 0 Å². The number of carbonyl (C=O) groups excluding carboxylic acids is 1. The summed E-state index contributed by atoms with van der Waals surface area (Å²) < 4.78 is 0. The molecule has 23 heavy (non-hydrogen) atoms. The van der Waals surface area contributed by atoms with E-state index in [1.54, 1.807) is 17.7 Å². The standard InChI is InChI=1S/C16H20N4O2S/c21-13-3-1-2-11(13)16(22)20-7-5-19(6-8-20)14-12-4-9-23-15(12)18-10-17-14/h4,9-11,13,21H,1-3,5-8H2. The van der Waals surface area contributed by atoms with Gasteiger partial charge in [-0.05, 0) is 30.7 Å². The summed E-state index contributed by atoms with van der Waals surface area (Å²) in [5, 5.41) is 13.1. The molecule has 1 aliphatic carbocycles. The Morgan fingerprint density at radius 2 is 2.04 bits per heavy atom. The molecule has 2 aliphatic rings. The molecule has 2 aromatic rings. The molecule has 1 saturated carbocycles. The number of hydrogen-bond acceptors (Lipinski definition) is 6. The molecule has 1 amide bonds. The largest absolute Gasteiger partial charge is 0.392 e. The Morgan fingerprint density at radius 1 is 1.22 bits per heavy atom. The summed E-state index contributed by atoms with van der Waals surface area (Å²) in [6.07, 6.45) is 3.69. The normalized spacial score (nSPS) is 25.3. The van der Waals surface area contributed by atoms with Crippen molar-refractivity contribution in [1.82, 2.24) is 14.9 Å². The summed E-state index contributed by atoms with van der Waals surface area (Å²) in [7, 11) is 0. The van der Waals surface area contributed by atoms with Gasteiger partial charge < -0.3 is 14.9 Å². The zero-order valence-electron chi connectivity index (χ0n) is 12.9. The van der Waals surface area contributed by atoms with Crippen LogP contribution in [0.2, 0.25) is 0 Å². The fourth-order valence-electron chi connectivity index (χ4n) is 3.63. The number of aliphatic hydroxyl groups excluding tert-OH is 1. The van der Waals surface area contributed by atoms with Crippen molar-refractivity contribution in [3.63, 3.8) is 0 Å². The van der Waals surface area contributed by atoms with Crippen LogP contribution in [-0.4, -0.2) is 58.2 Å². The van der Waals surface area contributed by atoms with E-state index >= 15 is 0 Å². The molecule has 0 aromatic carbocycles. The monoisotopic (exact) mass is 332 g/mol. The molecule has 2 atom stereocenters. The molecular formula is C16H20N4O2S. The van der Waals surface area contributed by atoms with Crippen molar-refractivity contribution < 1.29 is 9.90 Å². The minimum absolute atomic E-state index is 0.123. The first kappa shape index (κ1) is 14.8. The van der Waals surface area contributed by atoms with Crippen LogP contribution in [0.15, 0.2) is 17.8 Å². The molecule has 0 bridgehead atoms. The summed E-state index contributed by atoms with van der Waals surface area (Å²) in [6, 6.07) is 2.06. The maximum absolute atomic E-state index is 12.5. The van der Waals surface area contributed by atoms with Gasteiger partial charge in [-0.15, -0.1) is 11.3 Å². The zero-order chi connectivity index (χ0) is 15.8. The fourth-order valence-corrected chi connectivity index (χ4v) is 4.36. The van der Waals surface area contributed by atoms with Crippen LogP contribution in [0.5, 0.6) is 0 Å². The van der Waals surface area contributed by atoms with Crippen LogP contribution in [-0.2, 0) is 4.79 Å². The Labute approximate surface area is 138 Å². The van der Waals surface area contributed by atoms with Gasteiger partial charge in [0.1, 0.15) is 17.0 Å². The lowest BCUT2D eigenvalue weighted by atomic mass is 10.0.